The van der Waals surface area contributed by atoms with Crippen molar-refractivity contribution in [3.05, 3.63) is 23.8 Å². The number of aliphatic hydroxyl groups excluding tert-OH is 1. The molecule has 8 heteroatoms. The number of nitrogen functional groups attached to an aromatic ring is 1. The summed E-state index contributed by atoms with van der Waals surface area (Å²) in [5.74, 6) is -0.215. The van der Waals surface area contributed by atoms with E-state index < -0.39 is 6.10 Å². The number of thiazole rings is 1. The number of ether oxygens (including phenoxy) is 2. The summed E-state index contributed by atoms with van der Waals surface area (Å²) in [6, 6.07) is 5.04. The average Bonchev–Trinajstić information content (AvgIpc) is 3.15. The SMILES string of the molecule is Nc1nc2cc(C(=O)N[C@@H]3CO[C@H]4[C@@H]3OC[C@H]4O)ccc2s1. The average molecular weight is 321 g/mol. The van der Waals surface area contributed by atoms with Gasteiger partial charge in [-0.05, 0) is 18.2 Å². The van der Waals surface area contributed by atoms with Gasteiger partial charge < -0.3 is 25.6 Å². The first-order valence-electron chi connectivity index (χ1n) is 7.00. The zero-order valence-corrected chi connectivity index (χ0v) is 12.4. The number of benzene rings is 1. The van der Waals surface area contributed by atoms with E-state index in [0.29, 0.717) is 22.8 Å². The minimum Gasteiger partial charge on any atom is -0.388 e. The number of fused-ring (bicyclic) bond motifs is 2. The van der Waals surface area contributed by atoms with E-state index >= 15 is 0 Å². The Bertz CT molecular complexity index is 734. The molecule has 2 aromatic rings. The number of aliphatic hydroxyl groups is 1. The van der Waals surface area contributed by atoms with Crippen molar-refractivity contribution in [2.24, 2.45) is 0 Å². The highest BCUT2D eigenvalue weighted by atomic mass is 32.1. The number of hydrogen-bond donors (Lipinski definition) is 3. The molecular weight excluding hydrogens is 306 g/mol. The fourth-order valence-corrected chi connectivity index (χ4v) is 3.66. The van der Waals surface area contributed by atoms with E-state index in [1.807, 2.05) is 6.07 Å². The second kappa shape index (κ2) is 5.17. The minimum atomic E-state index is -0.624. The number of aromatic nitrogens is 1. The zero-order valence-electron chi connectivity index (χ0n) is 11.6. The molecule has 4 N–H and O–H groups in total. The van der Waals surface area contributed by atoms with Crippen LogP contribution in [0.15, 0.2) is 18.2 Å². The second-order valence-corrected chi connectivity index (χ2v) is 6.54. The number of rotatable bonds is 2. The van der Waals surface area contributed by atoms with Crippen LogP contribution >= 0.6 is 11.3 Å². The summed E-state index contributed by atoms with van der Waals surface area (Å²) in [6.07, 6.45) is -1.27. The number of hydrogen-bond acceptors (Lipinski definition) is 7. The van der Waals surface area contributed by atoms with E-state index in [2.05, 4.69) is 10.3 Å². The van der Waals surface area contributed by atoms with Crippen molar-refractivity contribution in [1.29, 1.82) is 0 Å². The summed E-state index contributed by atoms with van der Waals surface area (Å²) in [7, 11) is 0. The zero-order chi connectivity index (χ0) is 15.3. The molecule has 2 saturated heterocycles. The van der Waals surface area contributed by atoms with Crippen LogP contribution in [0.1, 0.15) is 10.4 Å². The van der Waals surface area contributed by atoms with Gasteiger partial charge in [0.2, 0.25) is 0 Å². The molecule has 1 aromatic heterocycles. The van der Waals surface area contributed by atoms with Crippen LogP contribution < -0.4 is 11.1 Å². The molecule has 22 heavy (non-hydrogen) atoms. The molecule has 0 aliphatic carbocycles. The molecule has 0 unspecified atom stereocenters. The normalized spacial score (nSPS) is 30.6. The fraction of sp³-hybridized carbons (Fsp3) is 0.429. The molecule has 1 amide bonds. The molecule has 4 rings (SSSR count). The van der Waals surface area contributed by atoms with E-state index in [4.69, 9.17) is 15.2 Å². The third-order valence-electron chi connectivity index (χ3n) is 4.01. The Hall–Kier alpha value is -1.74. The number of carbonyl (C=O) groups excluding carboxylic acids is 1. The standard InChI is InChI=1S/C14H15N3O4S/c15-14-17-7-3-6(1-2-10(7)22-14)13(19)16-8-4-20-12-9(18)5-21-11(8)12/h1-3,8-9,11-12,18H,4-5H2,(H2,15,17)(H,16,19)/t8-,9-,11-,12-/m1/s1. The lowest BCUT2D eigenvalue weighted by molar-refractivity contribution is 0.0178. The van der Waals surface area contributed by atoms with Gasteiger partial charge in [-0.1, -0.05) is 11.3 Å². The number of carbonyl (C=O) groups is 1. The van der Waals surface area contributed by atoms with Crippen LogP contribution in [0.4, 0.5) is 5.13 Å². The molecule has 0 saturated carbocycles. The lowest BCUT2D eigenvalue weighted by atomic mass is 10.1. The van der Waals surface area contributed by atoms with Crippen molar-refractivity contribution in [1.82, 2.24) is 10.3 Å². The molecule has 0 spiro atoms. The van der Waals surface area contributed by atoms with Crippen molar-refractivity contribution in [3.63, 3.8) is 0 Å². The number of nitrogens with zero attached hydrogens (tertiary/aromatic N) is 1. The van der Waals surface area contributed by atoms with Crippen molar-refractivity contribution in [3.8, 4) is 0 Å². The third kappa shape index (κ3) is 2.24. The van der Waals surface area contributed by atoms with Crippen LogP contribution in [0.25, 0.3) is 10.2 Å². The van der Waals surface area contributed by atoms with Crippen molar-refractivity contribution >= 4 is 32.6 Å². The maximum Gasteiger partial charge on any atom is 0.251 e. The molecule has 2 aliphatic heterocycles. The topological polar surface area (TPSA) is 107 Å². The molecule has 3 heterocycles. The Morgan fingerprint density at radius 3 is 3.05 bits per heavy atom. The van der Waals surface area contributed by atoms with Crippen molar-refractivity contribution in [2.45, 2.75) is 24.4 Å². The molecule has 4 atom stereocenters. The summed E-state index contributed by atoms with van der Waals surface area (Å²) in [5, 5.41) is 13.1. The van der Waals surface area contributed by atoms with Crippen molar-refractivity contribution in [2.75, 3.05) is 18.9 Å². The van der Waals surface area contributed by atoms with Crippen molar-refractivity contribution < 1.29 is 19.4 Å². The molecule has 1 aromatic carbocycles. The number of amides is 1. The lowest BCUT2D eigenvalue weighted by Crippen LogP contribution is -2.44. The molecular formula is C14H15N3O4S. The van der Waals surface area contributed by atoms with Gasteiger partial charge in [-0.25, -0.2) is 4.98 Å². The Morgan fingerprint density at radius 2 is 2.18 bits per heavy atom. The molecule has 0 bridgehead atoms. The minimum absolute atomic E-state index is 0.215. The Kier molecular flexibility index (Phi) is 3.26. The van der Waals surface area contributed by atoms with Crippen LogP contribution in [0.2, 0.25) is 0 Å². The van der Waals surface area contributed by atoms with Crippen LogP contribution in [-0.2, 0) is 9.47 Å². The van der Waals surface area contributed by atoms with Crippen LogP contribution in [0.3, 0.4) is 0 Å². The molecule has 2 fully saturated rings. The fourth-order valence-electron chi connectivity index (χ4n) is 2.94. The molecule has 2 aliphatic rings. The molecule has 116 valence electrons. The smallest absolute Gasteiger partial charge is 0.251 e. The first kappa shape index (κ1) is 13.9. The highest BCUT2D eigenvalue weighted by Gasteiger charge is 2.47. The van der Waals surface area contributed by atoms with Gasteiger partial charge in [0.25, 0.3) is 5.91 Å². The van der Waals surface area contributed by atoms with Crippen LogP contribution in [0.5, 0.6) is 0 Å². The lowest BCUT2D eigenvalue weighted by Gasteiger charge is -2.17. The monoisotopic (exact) mass is 321 g/mol. The van der Waals surface area contributed by atoms with Gasteiger partial charge in [-0.15, -0.1) is 0 Å². The number of anilines is 1. The second-order valence-electron chi connectivity index (χ2n) is 5.48. The first-order chi connectivity index (χ1) is 10.6. The maximum atomic E-state index is 12.4. The van der Waals surface area contributed by atoms with Gasteiger partial charge in [0.1, 0.15) is 18.3 Å². The first-order valence-corrected chi connectivity index (χ1v) is 7.81. The third-order valence-corrected chi connectivity index (χ3v) is 4.88. The van der Waals surface area contributed by atoms with Gasteiger partial charge >= 0.3 is 0 Å². The molecule has 0 radical (unpaired) electrons. The maximum absolute atomic E-state index is 12.4. The number of nitrogens with two attached hydrogens (primary N) is 1. The van der Waals surface area contributed by atoms with E-state index in [-0.39, 0.29) is 30.8 Å². The highest BCUT2D eigenvalue weighted by Crippen LogP contribution is 2.28. The van der Waals surface area contributed by atoms with E-state index in [1.54, 1.807) is 12.1 Å². The van der Waals surface area contributed by atoms with Gasteiger partial charge in [0, 0.05) is 5.56 Å². The number of nitrogens with one attached hydrogen (secondary N) is 1. The Labute approximate surface area is 130 Å². The summed E-state index contributed by atoms with van der Waals surface area (Å²) >= 11 is 1.39. The molecule has 7 nitrogen and oxygen atoms in total. The largest absolute Gasteiger partial charge is 0.388 e. The Morgan fingerprint density at radius 1 is 1.36 bits per heavy atom. The predicted molar refractivity (Wildman–Crippen MR) is 80.8 cm³/mol. The summed E-state index contributed by atoms with van der Waals surface area (Å²) < 4.78 is 11.9. The van der Waals surface area contributed by atoms with Crippen LogP contribution in [-0.4, -0.2) is 53.6 Å². The predicted octanol–water partition coefficient (Wildman–Crippen LogP) is 0.135. The van der Waals surface area contributed by atoms with E-state index in [9.17, 15) is 9.90 Å². The Balaban J connectivity index is 1.51. The van der Waals surface area contributed by atoms with E-state index in [1.165, 1.54) is 11.3 Å². The highest BCUT2D eigenvalue weighted by molar-refractivity contribution is 7.22. The van der Waals surface area contributed by atoms with Gasteiger partial charge in [-0.3, -0.25) is 4.79 Å². The van der Waals surface area contributed by atoms with E-state index in [0.717, 1.165) is 4.70 Å². The van der Waals surface area contributed by atoms with Gasteiger partial charge in [-0.2, -0.15) is 0 Å². The summed E-state index contributed by atoms with van der Waals surface area (Å²) in [6.45, 7) is 0.579. The summed E-state index contributed by atoms with van der Waals surface area (Å²) in [5.41, 5.74) is 6.90. The van der Waals surface area contributed by atoms with Crippen LogP contribution in [0, 0.1) is 0 Å². The quantitative estimate of drug-likeness (QED) is 0.726. The summed E-state index contributed by atoms with van der Waals surface area (Å²) in [4.78, 5) is 16.6. The van der Waals surface area contributed by atoms with Gasteiger partial charge in [0.05, 0.1) is 29.5 Å². The van der Waals surface area contributed by atoms with Gasteiger partial charge in [0.15, 0.2) is 5.13 Å².